The number of rotatable bonds is 6. The number of hydrogen-bond acceptors (Lipinski definition) is 7. The zero-order valence-corrected chi connectivity index (χ0v) is 17.6. The molecule has 1 aliphatic rings. The van der Waals surface area contributed by atoms with Gasteiger partial charge in [-0.1, -0.05) is 23.7 Å². The minimum atomic E-state index is -2.05. The topological polar surface area (TPSA) is 122 Å². The van der Waals surface area contributed by atoms with Crippen molar-refractivity contribution in [1.29, 1.82) is 0 Å². The van der Waals surface area contributed by atoms with E-state index < -0.39 is 41.2 Å². The van der Waals surface area contributed by atoms with Crippen LogP contribution in [0.4, 0.5) is 8.78 Å². The number of nitrogens with zero attached hydrogens (tertiary/aromatic N) is 5. The van der Waals surface area contributed by atoms with Crippen molar-refractivity contribution in [1.82, 2.24) is 30.6 Å². The molecule has 13 heteroatoms. The number of halogens is 3. The number of hydroxylamine groups is 2. The number of amides is 2. The first-order valence-electron chi connectivity index (χ1n) is 9.74. The number of nitrogens with one attached hydrogen (secondary N) is 1. The van der Waals surface area contributed by atoms with Crippen LogP contribution in [0.2, 0.25) is 5.02 Å². The summed E-state index contributed by atoms with van der Waals surface area (Å²) >= 11 is 6.07. The van der Waals surface area contributed by atoms with Crippen LogP contribution in [0.5, 0.6) is 0 Å². The van der Waals surface area contributed by atoms with Crippen molar-refractivity contribution in [2.45, 2.75) is 25.1 Å². The molecule has 2 aromatic carbocycles. The fraction of sp³-hybridized carbons (Fsp3) is 0.250. The highest BCUT2D eigenvalue weighted by molar-refractivity contribution is 6.30. The van der Waals surface area contributed by atoms with Crippen LogP contribution in [0.1, 0.15) is 23.7 Å². The fourth-order valence-corrected chi connectivity index (χ4v) is 3.60. The van der Waals surface area contributed by atoms with Crippen molar-refractivity contribution in [3.05, 3.63) is 70.5 Å². The van der Waals surface area contributed by atoms with Crippen molar-refractivity contribution in [3.8, 4) is 5.69 Å². The molecule has 0 spiro atoms. The molecule has 172 valence electrons. The van der Waals surface area contributed by atoms with Crippen molar-refractivity contribution < 1.29 is 28.3 Å². The van der Waals surface area contributed by atoms with E-state index in [2.05, 4.69) is 20.8 Å². The molecule has 2 unspecified atom stereocenters. The van der Waals surface area contributed by atoms with Crippen molar-refractivity contribution in [3.63, 3.8) is 0 Å². The van der Waals surface area contributed by atoms with Gasteiger partial charge in [-0.15, -0.1) is 5.10 Å². The largest absolute Gasteiger partial charge is 0.378 e. The molecule has 4 rings (SSSR count). The molecule has 0 bridgehead atoms. The molecule has 0 saturated carbocycles. The highest BCUT2D eigenvalue weighted by Crippen LogP contribution is 2.25. The minimum absolute atomic E-state index is 0.0220. The molecule has 1 fully saturated rings. The standard InChI is InChI=1S/C20H17ClF2N6O4/c21-12-4-5-15(28-10-25-26-27-28)11(8-12)9-24-19(31)16-6-7-33-29(16)20(32)18(30)13-2-1-3-14(22)17(13)23/h1-5,8,10,16,18,30H,6-7,9H2,(H,24,31). The molecule has 2 amide bonds. The zero-order chi connectivity index (χ0) is 23.5. The van der Waals surface area contributed by atoms with Crippen LogP contribution in [0.15, 0.2) is 42.7 Å². The molecule has 2 heterocycles. The van der Waals surface area contributed by atoms with Gasteiger partial charge in [0.1, 0.15) is 12.4 Å². The van der Waals surface area contributed by atoms with E-state index in [9.17, 15) is 23.5 Å². The molecular weight excluding hydrogens is 462 g/mol. The van der Waals surface area contributed by atoms with Crippen molar-refractivity contribution in [2.24, 2.45) is 0 Å². The maximum absolute atomic E-state index is 14.0. The molecule has 1 aromatic heterocycles. The lowest BCUT2D eigenvalue weighted by molar-refractivity contribution is -0.188. The Morgan fingerprint density at radius 3 is 2.88 bits per heavy atom. The fourth-order valence-electron chi connectivity index (χ4n) is 3.40. The number of tetrazole rings is 1. The first kappa shape index (κ1) is 22.7. The van der Waals surface area contributed by atoms with E-state index in [1.807, 2.05) is 0 Å². The summed E-state index contributed by atoms with van der Waals surface area (Å²) in [6, 6.07) is 6.96. The van der Waals surface area contributed by atoms with E-state index in [0.29, 0.717) is 21.3 Å². The predicted octanol–water partition coefficient (Wildman–Crippen LogP) is 1.48. The van der Waals surface area contributed by atoms with Gasteiger partial charge in [-0.25, -0.2) is 18.5 Å². The van der Waals surface area contributed by atoms with E-state index in [1.54, 1.807) is 18.2 Å². The maximum atomic E-state index is 14.0. The summed E-state index contributed by atoms with van der Waals surface area (Å²) in [4.78, 5) is 30.7. The van der Waals surface area contributed by atoms with Gasteiger partial charge in [0, 0.05) is 23.6 Å². The Bertz CT molecular complexity index is 1180. The molecule has 1 saturated heterocycles. The first-order chi connectivity index (χ1) is 15.9. The van der Waals surface area contributed by atoms with Gasteiger partial charge >= 0.3 is 0 Å². The lowest BCUT2D eigenvalue weighted by Gasteiger charge is -2.24. The Labute approximate surface area is 190 Å². The van der Waals surface area contributed by atoms with Gasteiger partial charge in [0.15, 0.2) is 17.7 Å². The molecule has 2 N–H and O–H groups in total. The van der Waals surface area contributed by atoms with Gasteiger partial charge in [-0.2, -0.15) is 0 Å². The summed E-state index contributed by atoms with van der Waals surface area (Å²) in [5.74, 6) is -4.23. The lowest BCUT2D eigenvalue weighted by atomic mass is 10.1. The average Bonchev–Trinajstić information content (AvgIpc) is 3.51. The van der Waals surface area contributed by atoms with Gasteiger partial charge in [-0.3, -0.25) is 14.4 Å². The number of aromatic nitrogens is 4. The monoisotopic (exact) mass is 478 g/mol. The Morgan fingerprint density at radius 1 is 1.30 bits per heavy atom. The third kappa shape index (κ3) is 4.67. The number of aliphatic hydroxyl groups excluding tert-OH is 1. The second-order valence-electron chi connectivity index (χ2n) is 7.09. The number of carbonyl (C=O) groups excluding carboxylic acids is 2. The van der Waals surface area contributed by atoms with Crippen LogP contribution in [0.3, 0.4) is 0 Å². The zero-order valence-electron chi connectivity index (χ0n) is 16.9. The number of benzene rings is 2. The molecule has 33 heavy (non-hydrogen) atoms. The lowest BCUT2D eigenvalue weighted by Crippen LogP contribution is -2.46. The van der Waals surface area contributed by atoms with E-state index in [-0.39, 0.29) is 19.6 Å². The normalized spacial score (nSPS) is 16.6. The average molecular weight is 479 g/mol. The van der Waals surface area contributed by atoms with Gasteiger partial charge in [0.2, 0.25) is 5.91 Å². The maximum Gasteiger partial charge on any atom is 0.280 e. The smallest absolute Gasteiger partial charge is 0.280 e. The second-order valence-corrected chi connectivity index (χ2v) is 7.53. The molecule has 3 aromatic rings. The Balaban J connectivity index is 1.47. The van der Waals surface area contributed by atoms with Crippen LogP contribution < -0.4 is 5.32 Å². The van der Waals surface area contributed by atoms with Gasteiger partial charge in [-0.05, 0) is 40.3 Å². The Hall–Kier alpha value is -3.48. The predicted molar refractivity (Wildman–Crippen MR) is 109 cm³/mol. The van der Waals surface area contributed by atoms with E-state index in [0.717, 1.165) is 18.2 Å². The SMILES string of the molecule is O=C(NCc1cc(Cl)ccc1-n1cnnn1)C1CCON1C(=O)C(O)c1cccc(F)c1F. The van der Waals surface area contributed by atoms with Gasteiger partial charge in [0.05, 0.1) is 12.3 Å². The summed E-state index contributed by atoms with van der Waals surface area (Å²) in [6.45, 7) is 0.0451. The van der Waals surface area contributed by atoms with Crippen LogP contribution in [-0.2, 0) is 21.0 Å². The van der Waals surface area contributed by atoms with Crippen LogP contribution in [-0.4, -0.2) is 54.8 Å². The highest BCUT2D eigenvalue weighted by atomic mass is 35.5. The molecule has 1 aliphatic heterocycles. The highest BCUT2D eigenvalue weighted by Gasteiger charge is 2.39. The molecule has 0 radical (unpaired) electrons. The van der Waals surface area contributed by atoms with Crippen molar-refractivity contribution >= 4 is 23.4 Å². The summed E-state index contributed by atoms with van der Waals surface area (Å²) in [7, 11) is 0. The third-order valence-electron chi connectivity index (χ3n) is 5.03. The molecular formula is C20H17ClF2N6O4. The summed E-state index contributed by atoms with van der Waals surface area (Å²) in [5.41, 5.74) is 0.624. The summed E-state index contributed by atoms with van der Waals surface area (Å²) in [6.07, 6.45) is -0.522. The van der Waals surface area contributed by atoms with Gasteiger partial charge in [0.25, 0.3) is 5.91 Å². The molecule has 2 atom stereocenters. The third-order valence-corrected chi connectivity index (χ3v) is 5.26. The molecule has 0 aliphatic carbocycles. The van der Waals surface area contributed by atoms with Crippen LogP contribution >= 0.6 is 11.6 Å². The van der Waals surface area contributed by atoms with Crippen LogP contribution in [0.25, 0.3) is 5.69 Å². The van der Waals surface area contributed by atoms with Gasteiger partial charge < -0.3 is 10.4 Å². The quantitative estimate of drug-likeness (QED) is 0.550. The summed E-state index contributed by atoms with van der Waals surface area (Å²) < 4.78 is 28.9. The molecule has 10 nitrogen and oxygen atoms in total. The first-order valence-corrected chi connectivity index (χ1v) is 10.1. The number of hydrogen-bond donors (Lipinski definition) is 2. The van der Waals surface area contributed by atoms with E-state index in [4.69, 9.17) is 16.4 Å². The number of carbonyl (C=O) groups is 2. The van der Waals surface area contributed by atoms with Crippen molar-refractivity contribution in [2.75, 3.05) is 6.61 Å². The van der Waals surface area contributed by atoms with E-state index in [1.165, 1.54) is 11.0 Å². The number of aliphatic hydroxyl groups is 1. The Morgan fingerprint density at radius 2 is 2.12 bits per heavy atom. The Kier molecular flexibility index (Phi) is 6.58. The second kappa shape index (κ2) is 9.57. The van der Waals surface area contributed by atoms with Crippen LogP contribution in [0, 0.1) is 11.6 Å². The minimum Gasteiger partial charge on any atom is -0.378 e. The summed E-state index contributed by atoms with van der Waals surface area (Å²) in [5, 5.41) is 25.1. The van der Waals surface area contributed by atoms with E-state index >= 15 is 0 Å².